The molecule has 2 aromatic rings. The van der Waals surface area contributed by atoms with E-state index in [-0.39, 0.29) is 17.2 Å². The van der Waals surface area contributed by atoms with Crippen LogP contribution in [0.1, 0.15) is 11.1 Å². The second-order valence-corrected chi connectivity index (χ2v) is 4.11. The van der Waals surface area contributed by atoms with Crippen LogP contribution >= 0.6 is 0 Å². The Labute approximate surface area is 99.6 Å². The third-order valence-corrected chi connectivity index (χ3v) is 2.88. The first kappa shape index (κ1) is 11.3. The van der Waals surface area contributed by atoms with Gasteiger partial charge in [-0.3, -0.25) is 0 Å². The van der Waals surface area contributed by atoms with Crippen LogP contribution in [0.25, 0.3) is 11.1 Å². The summed E-state index contributed by atoms with van der Waals surface area (Å²) in [5.74, 6) is 0.365. The van der Waals surface area contributed by atoms with Crippen LogP contribution in [0.2, 0.25) is 0 Å². The van der Waals surface area contributed by atoms with Gasteiger partial charge in [0.2, 0.25) is 0 Å². The SMILES string of the molecule is Cc1cc(-c2ccc(O)cc2)c(O)c(C)c1O. The number of rotatable bonds is 1. The van der Waals surface area contributed by atoms with Crippen LogP contribution in [-0.2, 0) is 0 Å². The van der Waals surface area contributed by atoms with Crippen LogP contribution in [0.4, 0.5) is 0 Å². The lowest BCUT2D eigenvalue weighted by atomic mass is 9.98. The van der Waals surface area contributed by atoms with Crippen LogP contribution in [-0.4, -0.2) is 15.3 Å². The summed E-state index contributed by atoms with van der Waals surface area (Å²) in [7, 11) is 0. The Morgan fingerprint density at radius 1 is 0.824 bits per heavy atom. The monoisotopic (exact) mass is 230 g/mol. The molecular formula is C14H14O3. The standard InChI is InChI=1S/C14H14O3/c1-8-7-12(14(17)9(2)13(8)16)10-3-5-11(15)6-4-10/h3-7,15-17H,1-2H3. The molecule has 2 aromatic carbocycles. The van der Waals surface area contributed by atoms with Crippen molar-refractivity contribution in [3.63, 3.8) is 0 Å². The van der Waals surface area contributed by atoms with Gasteiger partial charge in [0.05, 0.1) is 0 Å². The van der Waals surface area contributed by atoms with Crippen LogP contribution < -0.4 is 0 Å². The average molecular weight is 230 g/mol. The zero-order valence-electron chi connectivity index (χ0n) is 9.73. The lowest BCUT2D eigenvalue weighted by Gasteiger charge is -2.11. The first-order chi connectivity index (χ1) is 8.00. The third-order valence-electron chi connectivity index (χ3n) is 2.88. The Morgan fingerprint density at radius 3 is 2.00 bits per heavy atom. The molecule has 2 rings (SSSR count). The van der Waals surface area contributed by atoms with Crippen LogP contribution in [0.3, 0.4) is 0 Å². The molecule has 0 saturated carbocycles. The lowest BCUT2D eigenvalue weighted by molar-refractivity contribution is 0.441. The molecule has 0 aliphatic rings. The number of phenols is 3. The number of aryl methyl sites for hydroxylation is 1. The van der Waals surface area contributed by atoms with Gasteiger partial charge >= 0.3 is 0 Å². The molecule has 17 heavy (non-hydrogen) atoms. The molecule has 0 fully saturated rings. The molecule has 0 amide bonds. The van der Waals surface area contributed by atoms with E-state index in [4.69, 9.17) is 0 Å². The fourth-order valence-electron chi connectivity index (χ4n) is 1.82. The third kappa shape index (κ3) is 1.91. The number of aromatic hydroxyl groups is 3. The van der Waals surface area contributed by atoms with Gasteiger partial charge in [0.1, 0.15) is 17.2 Å². The summed E-state index contributed by atoms with van der Waals surface area (Å²) in [5, 5.41) is 28.9. The van der Waals surface area contributed by atoms with Crippen molar-refractivity contribution in [1.82, 2.24) is 0 Å². The molecule has 0 aromatic heterocycles. The molecule has 88 valence electrons. The summed E-state index contributed by atoms with van der Waals surface area (Å²) in [6.45, 7) is 3.45. The number of benzene rings is 2. The maximum absolute atomic E-state index is 10.0. The molecule has 0 heterocycles. The Balaban J connectivity index is 2.64. The van der Waals surface area contributed by atoms with Crippen molar-refractivity contribution in [3.05, 3.63) is 41.5 Å². The van der Waals surface area contributed by atoms with Crippen LogP contribution in [0.5, 0.6) is 17.2 Å². The van der Waals surface area contributed by atoms with E-state index >= 15 is 0 Å². The molecule has 0 saturated heterocycles. The quantitative estimate of drug-likeness (QED) is 0.705. The fourth-order valence-corrected chi connectivity index (χ4v) is 1.82. The molecule has 0 spiro atoms. The van der Waals surface area contributed by atoms with Gasteiger partial charge in [-0.1, -0.05) is 12.1 Å². The average Bonchev–Trinajstić information content (AvgIpc) is 2.32. The second kappa shape index (κ2) is 4.01. The molecular weight excluding hydrogens is 216 g/mol. The maximum Gasteiger partial charge on any atom is 0.130 e. The molecule has 0 aliphatic carbocycles. The highest BCUT2D eigenvalue weighted by Gasteiger charge is 2.12. The predicted octanol–water partition coefficient (Wildman–Crippen LogP) is 3.09. The number of hydrogen-bond acceptors (Lipinski definition) is 3. The highest BCUT2D eigenvalue weighted by Crippen LogP contribution is 2.39. The molecule has 3 heteroatoms. The predicted molar refractivity (Wildman–Crippen MR) is 66.3 cm³/mol. The van der Waals surface area contributed by atoms with Gasteiger partial charge in [0, 0.05) is 11.1 Å². The normalized spacial score (nSPS) is 10.5. The topological polar surface area (TPSA) is 60.7 Å². The second-order valence-electron chi connectivity index (χ2n) is 4.11. The maximum atomic E-state index is 10.0. The molecule has 3 N–H and O–H groups in total. The van der Waals surface area contributed by atoms with E-state index in [0.717, 1.165) is 5.56 Å². The molecule has 0 unspecified atom stereocenters. The fraction of sp³-hybridized carbons (Fsp3) is 0.143. The van der Waals surface area contributed by atoms with Gasteiger partial charge in [0.15, 0.2) is 0 Å². The van der Waals surface area contributed by atoms with Gasteiger partial charge in [-0.2, -0.15) is 0 Å². The minimum Gasteiger partial charge on any atom is -0.508 e. The van der Waals surface area contributed by atoms with E-state index in [9.17, 15) is 15.3 Å². The van der Waals surface area contributed by atoms with Crippen LogP contribution in [0.15, 0.2) is 30.3 Å². The van der Waals surface area contributed by atoms with E-state index in [1.165, 1.54) is 0 Å². The summed E-state index contributed by atoms with van der Waals surface area (Å²) < 4.78 is 0. The van der Waals surface area contributed by atoms with Gasteiger partial charge in [-0.15, -0.1) is 0 Å². The smallest absolute Gasteiger partial charge is 0.130 e. The molecule has 0 bridgehead atoms. The van der Waals surface area contributed by atoms with Gasteiger partial charge in [-0.05, 0) is 43.2 Å². The van der Waals surface area contributed by atoms with Crippen molar-refractivity contribution < 1.29 is 15.3 Å². The molecule has 3 nitrogen and oxygen atoms in total. The Kier molecular flexibility index (Phi) is 2.68. The zero-order chi connectivity index (χ0) is 12.6. The van der Waals surface area contributed by atoms with Crippen molar-refractivity contribution in [3.8, 4) is 28.4 Å². The van der Waals surface area contributed by atoms with Gasteiger partial charge in [0.25, 0.3) is 0 Å². The van der Waals surface area contributed by atoms with E-state index < -0.39 is 0 Å². The molecule has 0 radical (unpaired) electrons. The zero-order valence-corrected chi connectivity index (χ0v) is 9.73. The highest BCUT2D eigenvalue weighted by molar-refractivity contribution is 5.75. The van der Waals surface area contributed by atoms with Crippen LogP contribution in [0, 0.1) is 13.8 Å². The molecule has 0 aliphatic heterocycles. The number of phenolic OH excluding ortho intramolecular Hbond substituents is 3. The minimum absolute atomic E-state index is 0.0683. The van der Waals surface area contributed by atoms with E-state index in [0.29, 0.717) is 16.7 Å². The van der Waals surface area contributed by atoms with E-state index in [2.05, 4.69) is 0 Å². The van der Waals surface area contributed by atoms with Crippen molar-refractivity contribution in [2.45, 2.75) is 13.8 Å². The Hall–Kier alpha value is -2.16. The van der Waals surface area contributed by atoms with Gasteiger partial charge in [-0.25, -0.2) is 0 Å². The Bertz CT molecular complexity index is 557. The van der Waals surface area contributed by atoms with E-state index in [1.54, 1.807) is 44.2 Å². The largest absolute Gasteiger partial charge is 0.508 e. The first-order valence-corrected chi connectivity index (χ1v) is 5.32. The Morgan fingerprint density at radius 2 is 1.41 bits per heavy atom. The van der Waals surface area contributed by atoms with Crippen molar-refractivity contribution in [1.29, 1.82) is 0 Å². The van der Waals surface area contributed by atoms with Gasteiger partial charge < -0.3 is 15.3 Å². The summed E-state index contributed by atoms with van der Waals surface area (Å²) in [4.78, 5) is 0. The lowest BCUT2D eigenvalue weighted by Crippen LogP contribution is -1.87. The summed E-state index contributed by atoms with van der Waals surface area (Å²) in [5.41, 5.74) is 2.63. The minimum atomic E-state index is 0.0683. The first-order valence-electron chi connectivity index (χ1n) is 5.32. The van der Waals surface area contributed by atoms with Crippen molar-refractivity contribution in [2.24, 2.45) is 0 Å². The van der Waals surface area contributed by atoms with Crippen molar-refractivity contribution >= 4 is 0 Å². The van der Waals surface area contributed by atoms with Crippen molar-refractivity contribution in [2.75, 3.05) is 0 Å². The summed E-state index contributed by atoms with van der Waals surface area (Å²) in [6, 6.07) is 8.29. The number of hydrogen-bond donors (Lipinski definition) is 3. The summed E-state index contributed by atoms with van der Waals surface area (Å²) >= 11 is 0. The van der Waals surface area contributed by atoms with E-state index in [1.807, 2.05) is 0 Å². The molecule has 0 atom stereocenters. The highest BCUT2D eigenvalue weighted by atomic mass is 16.3. The summed E-state index contributed by atoms with van der Waals surface area (Å²) in [6.07, 6.45) is 0.